The van der Waals surface area contributed by atoms with Crippen molar-refractivity contribution in [2.75, 3.05) is 17.1 Å². The van der Waals surface area contributed by atoms with Crippen molar-refractivity contribution in [2.24, 2.45) is 0 Å². The lowest BCUT2D eigenvalue weighted by molar-refractivity contribution is -0.141. The standard InChI is InChI=1S/C25H32Cl3N3O4S/c1-17(24(33)29-25(2,3)4)30(16-18-9-6-7-10-20(18)27)23(32)11-8-14-31(36(5,34)35)22-15-19(26)12-13-21(22)28/h6-7,9-10,12-13,15,17H,8,11,14,16H2,1-5H3,(H,29,33). The van der Waals surface area contributed by atoms with Crippen LogP contribution in [-0.2, 0) is 26.2 Å². The maximum atomic E-state index is 13.3. The van der Waals surface area contributed by atoms with Gasteiger partial charge in [0.05, 0.1) is 17.0 Å². The summed E-state index contributed by atoms with van der Waals surface area (Å²) in [6, 6.07) is 10.9. The molecule has 0 spiro atoms. The van der Waals surface area contributed by atoms with E-state index in [9.17, 15) is 18.0 Å². The number of amides is 2. The van der Waals surface area contributed by atoms with Crippen LogP contribution in [-0.4, -0.2) is 49.5 Å². The molecule has 0 aliphatic rings. The number of benzene rings is 2. The molecular formula is C25H32Cl3N3O4S. The maximum absolute atomic E-state index is 13.3. The zero-order valence-electron chi connectivity index (χ0n) is 21.0. The highest BCUT2D eigenvalue weighted by atomic mass is 35.5. The molecule has 36 heavy (non-hydrogen) atoms. The molecule has 0 bridgehead atoms. The van der Waals surface area contributed by atoms with Crippen molar-refractivity contribution in [3.63, 3.8) is 0 Å². The topological polar surface area (TPSA) is 86.8 Å². The van der Waals surface area contributed by atoms with Gasteiger partial charge >= 0.3 is 0 Å². The molecule has 0 radical (unpaired) electrons. The number of hydrogen-bond acceptors (Lipinski definition) is 4. The van der Waals surface area contributed by atoms with E-state index in [1.165, 1.54) is 17.0 Å². The second-order valence-corrected chi connectivity index (χ2v) is 12.7. The first kappa shape index (κ1) is 30.2. The molecule has 0 aliphatic heterocycles. The van der Waals surface area contributed by atoms with Gasteiger partial charge in [-0.2, -0.15) is 0 Å². The van der Waals surface area contributed by atoms with Crippen molar-refractivity contribution in [3.05, 3.63) is 63.1 Å². The van der Waals surface area contributed by atoms with Crippen LogP contribution in [0.1, 0.15) is 46.1 Å². The quantitative estimate of drug-likeness (QED) is 0.403. The summed E-state index contributed by atoms with van der Waals surface area (Å²) in [5.41, 5.74) is 0.466. The van der Waals surface area contributed by atoms with Gasteiger partial charge in [-0.05, 0) is 63.9 Å². The summed E-state index contributed by atoms with van der Waals surface area (Å²) in [4.78, 5) is 27.7. The fourth-order valence-corrected chi connectivity index (χ4v) is 5.13. The summed E-state index contributed by atoms with van der Waals surface area (Å²) in [5.74, 6) is -0.608. The van der Waals surface area contributed by atoms with Gasteiger partial charge in [-0.1, -0.05) is 53.0 Å². The van der Waals surface area contributed by atoms with E-state index in [-0.39, 0.29) is 48.5 Å². The van der Waals surface area contributed by atoms with Gasteiger partial charge < -0.3 is 10.2 Å². The zero-order chi connectivity index (χ0) is 27.3. The predicted molar refractivity (Wildman–Crippen MR) is 147 cm³/mol. The summed E-state index contributed by atoms with van der Waals surface area (Å²) in [6.45, 7) is 7.38. The van der Waals surface area contributed by atoms with Crippen LogP contribution in [0, 0.1) is 0 Å². The molecule has 7 nitrogen and oxygen atoms in total. The van der Waals surface area contributed by atoms with Crippen molar-refractivity contribution < 1.29 is 18.0 Å². The molecule has 0 aromatic heterocycles. The van der Waals surface area contributed by atoms with Crippen molar-refractivity contribution in [1.29, 1.82) is 0 Å². The van der Waals surface area contributed by atoms with E-state index in [0.29, 0.717) is 15.6 Å². The normalized spacial score (nSPS) is 12.7. The molecule has 0 saturated carbocycles. The van der Waals surface area contributed by atoms with Gasteiger partial charge in [0.2, 0.25) is 21.8 Å². The molecule has 0 saturated heterocycles. The molecule has 2 rings (SSSR count). The monoisotopic (exact) mass is 575 g/mol. The van der Waals surface area contributed by atoms with Crippen molar-refractivity contribution >= 4 is 62.3 Å². The Morgan fingerprint density at radius 3 is 2.25 bits per heavy atom. The number of carbonyl (C=O) groups is 2. The third kappa shape index (κ3) is 8.83. The number of sulfonamides is 1. The first-order chi connectivity index (χ1) is 16.6. The van der Waals surface area contributed by atoms with E-state index in [4.69, 9.17) is 34.8 Å². The lowest BCUT2D eigenvalue weighted by Gasteiger charge is -2.32. The molecule has 2 aromatic carbocycles. The van der Waals surface area contributed by atoms with Crippen molar-refractivity contribution in [1.82, 2.24) is 10.2 Å². The highest BCUT2D eigenvalue weighted by molar-refractivity contribution is 7.92. The van der Waals surface area contributed by atoms with Crippen LogP contribution in [0.4, 0.5) is 5.69 Å². The third-order valence-electron chi connectivity index (χ3n) is 5.29. The number of carbonyl (C=O) groups excluding carboxylic acids is 2. The Labute approximate surface area is 228 Å². The Kier molecular flexibility index (Phi) is 10.5. The van der Waals surface area contributed by atoms with E-state index in [2.05, 4.69) is 5.32 Å². The molecule has 1 unspecified atom stereocenters. The summed E-state index contributed by atoms with van der Waals surface area (Å²) >= 11 is 18.6. The number of anilines is 1. The Balaban J connectivity index is 2.24. The molecule has 1 N–H and O–H groups in total. The second kappa shape index (κ2) is 12.5. The average Bonchev–Trinajstić information content (AvgIpc) is 2.75. The minimum Gasteiger partial charge on any atom is -0.350 e. The van der Waals surface area contributed by atoms with Gasteiger partial charge in [-0.3, -0.25) is 13.9 Å². The number of nitrogens with zero attached hydrogens (tertiary/aromatic N) is 2. The fraction of sp³-hybridized carbons (Fsp3) is 0.440. The van der Waals surface area contributed by atoms with Crippen LogP contribution in [0.5, 0.6) is 0 Å². The summed E-state index contributed by atoms with van der Waals surface area (Å²) in [7, 11) is -3.70. The van der Waals surface area contributed by atoms with Gasteiger partial charge in [0.1, 0.15) is 6.04 Å². The van der Waals surface area contributed by atoms with Crippen LogP contribution in [0.25, 0.3) is 0 Å². The lowest BCUT2D eigenvalue weighted by atomic mass is 10.1. The molecule has 0 aliphatic carbocycles. The van der Waals surface area contributed by atoms with Crippen LogP contribution >= 0.6 is 34.8 Å². The first-order valence-corrected chi connectivity index (χ1v) is 14.4. The minimum atomic E-state index is -3.70. The van der Waals surface area contributed by atoms with Gasteiger partial charge in [0.25, 0.3) is 0 Å². The van der Waals surface area contributed by atoms with E-state index < -0.39 is 21.6 Å². The minimum absolute atomic E-state index is 0.00178. The smallest absolute Gasteiger partial charge is 0.242 e. The van der Waals surface area contributed by atoms with Crippen molar-refractivity contribution in [2.45, 2.75) is 58.7 Å². The number of rotatable bonds is 10. The fourth-order valence-electron chi connectivity index (χ4n) is 3.53. The lowest BCUT2D eigenvalue weighted by Crippen LogP contribution is -2.52. The van der Waals surface area contributed by atoms with E-state index in [0.717, 1.165) is 10.6 Å². The molecule has 11 heteroatoms. The van der Waals surface area contributed by atoms with Gasteiger partial charge in [0, 0.05) is 35.1 Å². The number of hydrogen-bond donors (Lipinski definition) is 1. The largest absolute Gasteiger partial charge is 0.350 e. The van der Waals surface area contributed by atoms with Gasteiger partial charge in [-0.15, -0.1) is 0 Å². The Morgan fingerprint density at radius 2 is 1.67 bits per heavy atom. The second-order valence-electron chi connectivity index (χ2n) is 9.56. The SMILES string of the molecule is CC(C(=O)NC(C)(C)C)N(Cc1ccccc1Cl)C(=O)CCCN(c1cc(Cl)ccc1Cl)S(C)(=O)=O. The molecule has 2 aromatic rings. The Morgan fingerprint density at radius 1 is 1.03 bits per heavy atom. The van der Waals surface area contributed by atoms with Crippen LogP contribution in [0.15, 0.2) is 42.5 Å². The van der Waals surface area contributed by atoms with Gasteiger partial charge in [0.15, 0.2) is 0 Å². The summed E-state index contributed by atoms with van der Waals surface area (Å²) in [6.07, 6.45) is 1.26. The van der Waals surface area contributed by atoms with Crippen LogP contribution < -0.4 is 9.62 Å². The average molecular weight is 577 g/mol. The highest BCUT2D eigenvalue weighted by Gasteiger charge is 2.29. The van der Waals surface area contributed by atoms with Crippen LogP contribution in [0.3, 0.4) is 0 Å². The molecule has 0 heterocycles. The summed E-state index contributed by atoms with van der Waals surface area (Å²) in [5, 5.41) is 3.95. The third-order valence-corrected chi connectivity index (χ3v) is 7.40. The maximum Gasteiger partial charge on any atom is 0.242 e. The molecule has 2 amide bonds. The predicted octanol–water partition coefficient (Wildman–Crippen LogP) is 5.53. The van der Waals surface area contributed by atoms with Crippen LogP contribution in [0.2, 0.25) is 15.1 Å². The van der Waals surface area contributed by atoms with E-state index >= 15 is 0 Å². The molecule has 1 atom stereocenters. The highest BCUT2D eigenvalue weighted by Crippen LogP contribution is 2.31. The van der Waals surface area contributed by atoms with Gasteiger partial charge in [-0.25, -0.2) is 8.42 Å². The molecular weight excluding hydrogens is 545 g/mol. The molecule has 198 valence electrons. The zero-order valence-corrected chi connectivity index (χ0v) is 24.1. The Bertz CT molecular complexity index is 1200. The van der Waals surface area contributed by atoms with E-state index in [1.54, 1.807) is 31.2 Å². The Hall–Kier alpha value is -2.00. The number of nitrogens with one attached hydrogen (secondary N) is 1. The molecule has 0 fully saturated rings. The number of halogens is 3. The first-order valence-electron chi connectivity index (χ1n) is 11.4. The summed E-state index contributed by atoms with van der Waals surface area (Å²) < 4.78 is 26.1. The van der Waals surface area contributed by atoms with E-state index in [1.807, 2.05) is 26.8 Å². The van der Waals surface area contributed by atoms with Crippen molar-refractivity contribution in [3.8, 4) is 0 Å².